The van der Waals surface area contributed by atoms with Crippen LogP contribution in [0.2, 0.25) is 38.2 Å². The Morgan fingerprint density at radius 3 is 1.38 bits per heavy atom. The van der Waals surface area contributed by atoms with Crippen LogP contribution < -0.4 is 5.19 Å². The molecule has 0 aliphatic heterocycles. The van der Waals surface area contributed by atoms with E-state index in [-0.39, 0.29) is 15.1 Å². The molecule has 16 heavy (non-hydrogen) atoms. The first-order valence-corrected chi connectivity index (χ1v) is 9.95. The summed E-state index contributed by atoms with van der Waals surface area (Å²) < 4.78 is 0. The predicted molar refractivity (Wildman–Crippen MR) is 79.3 cm³/mol. The Balaban J connectivity index is 3.65. The molecule has 0 unspecified atom stereocenters. The zero-order valence-electron chi connectivity index (χ0n) is 8.47. The van der Waals surface area contributed by atoms with Gasteiger partial charge in [0.1, 0.15) is 0 Å². The van der Waals surface area contributed by atoms with E-state index in [1.54, 1.807) is 0 Å². The third kappa shape index (κ3) is 2.61. The second-order valence-electron chi connectivity index (χ2n) is 3.96. The van der Waals surface area contributed by atoms with Crippen LogP contribution in [0.1, 0.15) is 0 Å². The van der Waals surface area contributed by atoms with Crippen molar-refractivity contribution >= 4 is 82.9 Å². The van der Waals surface area contributed by atoms with Crippen molar-refractivity contribution in [1.29, 1.82) is 0 Å². The summed E-state index contributed by atoms with van der Waals surface area (Å²) in [7, 11) is -1.95. The molecule has 0 aromatic heterocycles. The molecule has 0 amide bonds. The standard InChI is InChI=1S/C9H8Cl6Si/c1-16(2,3-10)9-7(14)5(12)4(11)6(13)8(9)15/h3H2,1-2H3. The van der Waals surface area contributed by atoms with Gasteiger partial charge in [-0.05, 0) is 5.19 Å². The molecule has 0 N–H and O–H groups in total. The molecule has 0 spiro atoms. The van der Waals surface area contributed by atoms with Crippen molar-refractivity contribution in [2.45, 2.75) is 13.1 Å². The maximum Gasteiger partial charge on any atom is 0.0999 e. The van der Waals surface area contributed by atoms with Gasteiger partial charge in [0.2, 0.25) is 0 Å². The normalized spacial score (nSPS) is 12.0. The molecule has 0 heterocycles. The van der Waals surface area contributed by atoms with E-state index in [0.717, 1.165) is 5.19 Å². The topological polar surface area (TPSA) is 0 Å². The smallest absolute Gasteiger partial charge is 0.0999 e. The van der Waals surface area contributed by atoms with Gasteiger partial charge in [-0.2, -0.15) is 0 Å². The molecule has 7 heteroatoms. The Bertz CT molecular complexity index is 399. The van der Waals surface area contributed by atoms with Gasteiger partial charge in [0, 0.05) is 5.50 Å². The molecule has 1 aromatic carbocycles. The highest BCUT2D eigenvalue weighted by Gasteiger charge is 2.31. The monoisotopic (exact) mass is 354 g/mol. The van der Waals surface area contributed by atoms with Crippen molar-refractivity contribution in [3.63, 3.8) is 0 Å². The minimum Gasteiger partial charge on any atom is -0.130 e. The van der Waals surface area contributed by atoms with E-state index in [1.165, 1.54) is 0 Å². The largest absolute Gasteiger partial charge is 0.130 e. The van der Waals surface area contributed by atoms with Crippen molar-refractivity contribution in [3.05, 3.63) is 25.1 Å². The predicted octanol–water partition coefficient (Wildman–Crippen LogP) is 5.65. The van der Waals surface area contributed by atoms with Crippen LogP contribution in [0.25, 0.3) is 0 Å². The Kier molecular flexibility index (Phi) is 5.18. The highest BCUT2D eigenvalue weighted by Crippen LogP contribution is 2.40. The first-order valence-electron chi connectivity index (χ1n) is 4.32. The Hall–Kier alpha value is 1.18. The van der Waals surface area contributed by atoms with E-state index in [2.05, 4.69) is 0 Å². The Labute approximate surface area is 126 Å². The molecular weight excluding hydrogens is 349 g/mol. The molecule has 0 bridgehead atoms. The zero-order valence-corrected chi connectivity index (χ0v) is 14.0. The lowest BCUT2D eigenvalue weighted by Gasteiger charge is -2.24. The van der Waals surface area contributed by atoms with Crippen LogP contribution in [0.3, 0.4) is 0 Å². The maximum atomic E-state index is 6.16. The summed E-state index contributed by atoms with van der Waals surface area (Å²) in [5.41, 5.74) is 0.473. The molecule has 0 radical (unpaired) electrons. The van der Waals surface area contributed by atoms with Crippen LogP contribution in [0.15, 0.2) is 0 Å². The van der Waals surface area contributed by atoms with Crippen LogP contribution in [0.5, 0.6) is 0 Å². The number of halogens is 6. The highest BCUT2D eigenvalue weighted by atomic mass is 35.5. The molecule has 0 fully saturated rings. The van der Waals surface area contributed by atoms with Gasteiger partial charge in [-0.25, -0.2) is 0 Å². The van der Waals surface area contributed by atoms with E-state index >= 15 is 0 Å². The molecule has 0 aliphatic rings. The van der Waals surface area contributed by atoms with Crippen molar-refractivity contribution in [3.8, 4) is 0 Å². The average molecular weight is 357 g/mol. The summed E-state index contributed by atoms with van der Waals surface area (Å²) >= 11 is 36.1. The Morgan fingerprint density at radius 1 is 0.750 bits per heavy atom. The van der Waals surface area contributed by atoms with Gasteiger partial charge in [-0.3, -0.25) is 0 Å². The van der Waals surface area contributed by atoms with Gasteiger partial charge < -0.3 is 0 Å². The Morgan fingerprint density at radius 2 is 1.06 bits per heavy atom. The molecule has 0 aliphatic carbocycles. The van der Waals surface area contributed by atoms with Gasteiger partial charge in [0.15, 0.2) is 0 Å². The summed E-state index contributed by atoms with van der Waals surface area (Å²) in [4.78, 5) is 0. The van der Waals surface area contributed by atoms with Gasteiger partial charge in [0.05, 0.1) is 33.2 Å². The number of rotatable bonds is 2. The summed E-state index contributed by atoms with van der Waals surface area (Å²) in [5, 5.41) is 2.13. The summed E-state index contributed by atoms with van der Waals surface area (Å²) in [6, 6.07) is 0. The number of hydrogen-bond acceptors (Lipinski definition) is 0. The van der Waals surface area contributed by atoms with E-state index in [1.807, 2.05) is 13.1 Å². The molecule has 0 saturated heterocycles. The van der Waals surface area contributed by atoms with Crippen LogP contribution >= 0.6 is 69.6 Å². The van der Waals surface area contributed by atoms with Crippen molar-refractivity contribution in [1.82, 2.24) is 0 Å². The van der Waals surface area contributed by atoms with E-state index < -0.39 is 8.07 Å². The van der Waals surface area contributed by atoms with Gasteiger partial charge >= 0.3 is 0 Å². The zero-order chi connectivity index (χ0) is 12.7. The van der Waals surface area contributed by atoms with Crippen LogP contribution in [0.4, 0.5) is 0 Å². The SMILES string of the molecule is C[Si](C)(CCl)c1c(Cl)c(Cl)c(Cl)c(Cl)c1Cl. The second kappa shape index (κ2) is 5.44. The van der Waals surface area contributed by atoms with Crippen LogP contribution in [-0.4, -0.2) is 13.6 Å². The highest BCUT2D eigenvalue weighted by molar-refractivity contribution is 6.96. The average Bonchev–Trinajstić information content (AvgIpc) is 2.23. The fraction of sp³-hybridized carbons (Fsp3) is 0.333. The third-order valence-electron chi connectivity index (χ3n) is 2.22. The van der Waals surface area contributed by atoms with Crippen LogP contribution in [-0.2, 0) is 0 Å². The summed E-state index contributed by atoms with van der Waals surface area (Å²) in [6.45, 7) is 4.07. The maximum absolute atomic E-state index is 6.16. The molecule has 0 saturated carbocycles. The van der Waals surface area contributed by atoms with Crippen LogP contribution in [0, 0.1) is 0 Å². The molecular formula is C9H8Cl6Si. The first kappa shape index (κ1) is 15.2. The third-order valence-corrected chi connectivity index (χ3v) is 9.34. The lowest BCUT2D eigenvalue weighted by atomic mass is 10.3. The second-order valence-corrected chi connectivity index (χ2v) is 11.2. The molecule has 0 nitrogen and oxygen atoms in total. The quantitative estimate of drug-likeness (QED) is 0.278. The number of benzene rings is 1. The van der Waals surface area contributed by atoms with Gasteiger partial charge in [-0.1, -0.05) is 71.1 Å². The lowest BCUT2D eigenvalue weighted by molar-refractivity contribution is 1.65. The van der Waals surface area contributed by atoms with Gasteiger partial charge in [-0.15, -0.1) is 11.6 Å². The van der Waals surface area contributed by atoms with E-state index in [0.29, 0.717) is 15.5 Å². The minimum absolute atomic E-state index is 0.182. The first-order chi connectivity index (χ1) is 7.24. The van der Waals surface area contributed by atoms with E-state index in [4.69, 9.17) is 69.6 Å². The number of alkyl halides is 1. The van der Waals surface area contributed by atoms with Crippen molar-refractivity contribution < 1.29 is 0 Å². The lowest BCUT2D eigenvalue weighted by Crippen LogP contribution is -2.45. The fourth-order valence-corrected chi connectivity index (χ4v) is 6.07. The number of hydrogen-bond donors (Lipinski definition) is 0. The minimum atomic E-state index is -1.95. The summed E-state index contributed by atoms with van der Waals surface area (Å²) in [5.74, 6) is 0. The molecule has 1 aromatic rings. The molecule has 90 valence electrons. The fourth-order valence-electron chi connectivity index (χ4n) is 1.27. The van der Waals surface area contributed by atoms with Gasteiger partial charge in [0.25, 0.3) is 0 Å². The molecule has 0 atom stereocenters. The summed E-state index contributed by atoms with van der Waals surface area (Å²) in [6.07, 6.45) is 0. The van der Waals surface area contributed by atoms with E-state index in [9.17, 15) is 0 Å². The van der Waals surface area contributed by atoms with Crippen molar-refractivity contribution in [2.75, 3.05) is 5.50 Å². The van der Waals surface area contributed by atoms with Crippen molar-refractivity contribution in [2.24, 2.45) is 0 Å². The molecule has 1 rings (SSSR count).